The van der Waals surface area contributed by atoms with Crippen molar-refractivity contribution in [1.82, 2.24) is 4.90 Å². The first-order valence-corrected chi connectivity index (χ1v) is 11.2. The second-order valence-electron chi connectivity index (χ2n) is 10.6. The molecule has 3 rings (SSSR count). The summed E-state index contributed by atoms with van der Waals surface area (Å²) in [6.07, 6.45) is 0. The van der Waals surface area contributed by atoms with Crippen LogP contribution in [0.1, 0.15) is 86.6 Å². The van der Waals surface area contributed by atoms with Gasteiger partial charge in [0.1, 0.15) is 23.4 Å². The fourth-order valence-electron chi connectivity index (χ4n) is 4.13. The van der Waals surface area contributed by atoms with Crippen LogP contribution in [0, 0.1) is 16.7 Å². The van der Waals surface area contributed by atoms with E-state index in [2.05, 4.69) is 6.07 Å². The van der Waals surface area contributed by atoms with Gasteiger partial charge in [-0.25, -0.2) is 0 Å². The Morgan fingerprint density at radius 2 is 1.68 bits per heavy atom. The molecule has 0 unspecified atom stereocenters. The lowest BCUT2D eigenvalue weighted by molar-refractivity contribution is 0.0962. The molecule has 0 aromatic heterocycles. The van der Waals surface area contributed by atoms with E-state index in [-0.39, 0.29) is 51.7 Å². The number of rotatable bonds is 5. The lowest BCUT2D eigenvalue weighted by Crippen LogP contribution is -2.30. The number of phenolic OH excluding ortho intramolecular Hbond substituents is 1. The standard InChI is InChI=1S/C27H33N3O3.BrH/c1-8-33-23-12-18-14-30(25(29)19(18)9-17(23)13-28)15-22(31)16-10-20(26(2,3)4)24(32)21(11-16)27(5,6)7;/h9-12,29,32H,8,14-15H2,1-7H3;1H. The minimum absolute atomic E-state index is 0. The molecule has 34 heavy (non-hydrogen) atoms. The highest BCUT2D eigenvalue weighted by molar-refractivity contribution is 8.93. The van der Waals surface area contributed by atoms with Crippen molar-refractivity contribution in [3.05, 3.63) is 57.6 Å². The Balaban J connectivity index is 0.00000408. The molecule has 2 aromatic rings. The lowest BCUT2D eigenvalue weighted by Gasteiger charge is -2.28. The largest absolute Gasteiger partial charge is 0.507 e. The molecule has 0 fully saturated rings. The summed E-state index contributed by atoms with van der Waals surface area (Å²) in [5.74, 6) is 0.848. The van der Waals surface area contributed by atoms with Crippen molar-refractivity contribution in [3.8, 4) is 17.6 Å². The smallest absolute Gasteiger partial charge is 0.182 e. The van der Waals surface area contributed by atoms with Gasteiger partial charge in [0.2, 0.25) is 0 Å². The van der Waals surface area contributed by atoms with Crippen LogP contribution < -0.4 is 4.74 Å². The van der Waals surface area contributed by atoms with Crippen LogP contribution in [0.25, 0.3) is 0 Å². The van der Waals surface area contributed by atoms with Gasteiger partial charge >= 0.3 is 0 Å². The zero-order valence-corrected chi connectivity index (χ0v) is 22.7. The monoisotopic (exact) mass is 527 g/mol. The van der Waals surface area contributed by atoms with Gasteiger partial charge in [-0.2, -0.15) is 5.26 Å². The summed E-state index contributed by atoms with van der Waals surface area (Å²) in [6.45, 7) is 14.8. The topological polar surface area (TPSA) is 97.4 Å². The summed E-state index contributed by atoms with van der Waals surface area (Å²) in [5.41, 5.74) is 3.23. The number of carbonyl (C=O) groups excluding carboxylic acids is 1. The van der Waals surface area contributed by atoms with Gasteiger partial charge in [0.05, 0.1) is 18.7 Å². The molecule has 0 radical (unpaired) electrons. The highest BCUT2D eigenvalue weighted by Crippen LogP contribution is 2.40. The fraction of sp³-hybridized carbons (Fsp3) is 0.444. The molecule has 2 N–H and O–H groups in total. The maximum Gasteiger partial charge on any atom is 0.182 e. The van der Waals surface area contributed by atoms with Gasteiger partial charge < -0.3 is 14.7 Å². The molecule has 0 aliphatic carbocycles. The van der Waals surface area contributed by atoms with E-state index in [9.17, 15) is 15.2 Å². The van der Waals surface area contributed by atoms with E-state index in [0.29, 0.717) is 35.6 Å². The van der Waals surface area contributed by atoms with E-state index < -0.39 is 0 Å². The van der Waals surface area contributed by atoms with Crippen molar-refractivity contribution in [1.29, 1.82) is 10.7 Å². The molecule has 0 saturated carbocycles. The number of hydrogen-bond donors (Lipinski definition) is 2. The Kier molecular flexibility index (Phi) is 7.89. The number of ether oxygens (including phenoxy) is 1. The zero-order valence-electron chi connectivity index (χ0n) is 21.0. The van der Waals surface area contributed by atoms with Crippen LogP contribution in [0.3, 0.4) is 0 Å². The number of Topliss-reactive ketones (excluding diaryl/α,β-unsaturated/α-hetero) is 1. The van der Waals surface area contributed by atoms with Crippen LogP contribution in [0.4, 0.5) is 0 Å². The molecular formula is C27H34BrN3O3. The number of nitrogens with one attached hydrogen (secondary N) is 1. The normalized spacial score (nSPS) is 13.2. The molecule has 182 valence electrons. The van der Waals surface area contributed by atoms with E-state index >= 15 is 0 Å². The minimum atomic E-state index is -0.333. The van der Waals surface area contributed by atoms with Gasteiger partial charge in [0.25, 0.3) is 0 Å². The Hall–Kier alpha value is -2.85. The van der Waals surface area contributed by atoms with Gasteiger partial charge in [-0.05, 0) is 47.6 Å². The molecule has 2 aromatic carbocycles. The second kappa shape index (κ2) is 9.79. The van der Waals surface area contributed by atoms with Crippen molar-refractivity contribution in [3.63, 3.8) is 0 Å². The number of ketones is 1. The molecule has 1 heterocycles. The van der Waals surface area contributed by atoms with Crippen LogP contribution in [0.15, 0.2) is 24.3 Å². The fourth-order valence-corrected chi connectivity index (χ4v) is 4.13. The molecule has 1 aliphatic heterocycles. The number of nitrogens with zero attached hydrogens (tertiary/aromatic N) is 2. The highest BCUT2D eigenvalue weighted by Gasteiger charge is 2.31. The summed E-state index contributed by atoms with van der Waals surface area (Å²) < 4.78 is 5.57. The molecule has 1 aliphatic rings. The summed E-state index contributed by atoms with van der Waals surface area (Å²) >= 11 is 0. The van der Waals surface area contributed by atoms with E-state index in [1.165, 1.54) is 0 Å². The first-order chi connectivity index (χ1) is 15.3. The summed E-state index contributed by atoms with van der Waals surface area (Å²) in [5, 5.41) is 29.0. The predicted octanol–water partition coefficient (Wildman–Crippen LogP) is 5.86. The van der Waals surface area contributed by atoms with Crippen molar-refractivity contribution < 1.29 is 14.6 Å². The Morgan fingerprint density at radius 3 is 2.15 bits per heavy atom. The molecular weight excluding hydrogens is 494 g/mol. The average molecular weight is 528 g/mol. The second-order valence-corrected chi connectivity index (χ2v) is 10.6. The number of amidine groups is 1. The number of phenols is 1. The molecule has 0 atom stereocenters. The summed E-state index contributed by atoms with van der Waals surface area (Å²) in [4.78, 5) is 15.1. The first-order valence-electron chi connectivity index (χ1n) is 11.2. The minimum Gasteiger partial charge on any atom is -0.507 e. The van der Waals surface area contributed by atoms with Crippen LogP contribution in [-0.2, 0) is 17.4 Å². The van der Waals surface area contributed by atoms with Gasteiger partial charge in [-0.3, -0.25) is 10.2 Å². The third-order valence-electron chi connectivity index (χ3n) is 5.94. The van der Waals surface area contributed by atoms with Gasteiger partial charge in [0.15, 0.2) is 5.78 Å². The zero-order chi connectivity index (χ0) is 24.7. The number of halogens is 1. The SMILES string of the molecule is Br.CCOc1cc2c(cc1C#N)C(=N)N(CC(=O)c1cc(C(C)(C)C)c(O)c(C(C)(C)C)c1)C2. The third kappa shape index (κ3) is 5.28. The van der Waals surface area contributed by atoms with Gasteiger partial charge in [-0.15, -0.1) is 17.0 Å². The maximum absolute atomic E-state index is 13.4. The predicted molar refractivity (Wildman–Crippen MR) is 140 cm³/mol. The van der Waals surface area contributed by atoms with Crippen LogP contribution in [-0.4, -0.2) is 34.8 Å². The number of carbonyl (C=O) groups is 1. The van der Waals surface area contributed by atoms with Gasteiger partial charge in [0, 0.05) is 28.8 Å². The molecule has 0 amide bonds. The lowest BCUT2D eigenvalue weighted by atomic mass is 9.78. The van der Waals surface area contributed by atoms with Crippen molar-refractivity contribution >= 4 is 28.6 Å². The number of benzene rings is 2. The Bertz CT molecular complexity index is 1130. The molecule has 7 heteroatoms. The molecule has 0 bridgehead atoms. The van der Waals surface area contributed by atoms with Crippen molar-refractivity contribution in [2.24, 2.45) is 0 Å². The highest BCUT2D eigenvalue weighted by atomic mass is 79.9. The van der Waals surface area contributed by atoms with Gasteiger partial charge in [-0.1, -0.05) is 41.5 Å². The Morgan fingerprint density at radius 1 is 1.12 bits per heavy atom. The maximum atomic E-state index is 13.4. The van der Waals surface area contributed by atoms with Crippen LogP contribution >= 0.6 is 17.0 Å². The van der Waals surface area contributed by atoms with E-state index in [4.69, 9.17) is 10.1 Å². The average Bonchev–Trinajstić information content (AvgIpc) is 3.00. The Labute approximate surface area is 212 Å². The van der Waals surface area contributed by atoms with E-state index in [1.807, 2.05) is 48.5 Å². The molecule has 6 nitrogen and oxygen atoms in total. The third-order valence-corrected chi connectivity index (χ3v) is 5.94. The number of aromatic hydroxyl groups is 1. The molecule has 0 spiro atoms. The number of hydrogen-bond acceptors (Lipinski definition) is 5. The van der Waals surface area contributed by atoms with Crippen LogP contribution in [0.2, 0.25) is 0 Å². The summed E-state index contributed by atoms with van der Waals surface area (Å²) in [6, 6.07) is 9.15. The van der Waals surface area contributed by atoms with Crippen LogP contribution in [0.5, 0.6) is 11.5 Å². The summed E-state index contributed by atoms with van der Waals surface area (Å²) in [7, 11) is 0. The van der Waals surface area contributed by atoms with Crippen molar-refractivity contribution in [2.75, 3.05) is 13.2 Å². The van der Waals surface area contributed by atoms with Crippen molar-refractivity contribution in [2.45, 2.75) is 65.8 Å². The first kappa shape index (κ1) is 27.4. The van der Waals surface area contributed by atoms with E-state index in [1.54, 1.807) is 29.2 Å². The number of fused-ring (bicyclic) bond motifs is 1. The number of nitriles is 1. The quantitative estimate of drug-likeness (QED) is 0.474. The molecule has 0 saturated heterocycles. The van der Waals surface area contributed by atoms with E-state index in [0.717, 1.165) is 16.7 Å².